The molecular weight excluding hydrogens is 488 g/mol. The van der Waals surface area contributed by atoms with E-state index in [2.05, 4.69) is 25.7 Å². The normalized spacial score (nSPS) is 11.3. The summed E-state index contributed by atoms with van der Waals surface area (Å²) < 4.78 is 54.8. The summed E-state index contributed by atoms with van der Waals surface area (Å²) in [6.45, 7) is 0.373. The van der Waals surface area contributed by atoms with E-state index >= 15 is 0 Å². The van der Waals surface area contributed by atoms with Gasteiger partial charge in [0.05, 0.1) is 16.8 Å². The van der Waals surface area contributed by atoms with Crippen molar-refractivity contribution in [2.45, 2.75) is 12.6 Å². The number of halogens is 4. The SMILES string of the molecule is CNCCc1c(C(=O)Nc2ccc(C(=O)OC(=O)C(F)(F)F)cc2)c(=O)[nH]c2c(NC)cc(F)cc12. The zero-order valence-electron chi connectivity index (χ0n) is 18.9. The minimum absolute atomic E-state index is 0.0907. The van der Waals surface area contributed by atoms with Crippen molar-refractivity contribution >= 4 is 40.1 Å². The fourth-order valence-corrected chi connectivity index (χ4v) is 3.46. The van der Waals surface area contributed by atoms with Gasteiger partial charge in [0, 0.05) is 18.1 Å². The summed E-state index contributed by atoms with van der Waals surface area (Å²) >= 11 is 0. The van der Waals surface area contributed by atoms with Gasteiger partial charge in [0.2, 0.25) is 0 Å². The Morgan fingerprint density at radius 1 is 1.06 bits per heavy atom. The van der Waals surface area contributed by atoms with E-state index in [4.69, 9.17) is 0 Å². The Labute approximate surface area is 200 Å². The van der Waals surface area contributed by atoms with E-state index in [0.717, 1.165) is 12.1 Å². The quantitative estimate of drug-likeness (QED) is 0.219. The van der Waals surface area contributed by atoms with Gasteiger partial charge in [0.15, 0.2) is 0 Å². The van der Waals surface area contributed by atoms with Crippen molar-refractivity contribution in [1.29, 1.82) is 0 Å². The molecule has 13 heteroatoms. The maximum absolute atomic E-state index is 14.2. The number of aromatic nitrogens is 1. The van der Waals surface area contributed by atoms with E-state index in [0.29, 0.717) is 28.7 Å². The molecule has 0 spiro atoms. The van der Waals surface area contributed by atoms with Crippen molar-refractivity contribution in [1.82, 2.24) is 10.3 Å². The number of ether oxygens (including phenoxy) is 1. The average Bonchev–Trinajstić information content (AvgIpc) is 2.81. The number of likely N-dealkylation sites (N-methyl/N-ethyl adjacent to an activating group) is 1. The first-order valence-corrected chi connectivity index (χ1v) is 10.4. The number of fused-ring (bicyclic) bond motifs is 1. The van der Waals surface area contributed by atoms with Crippen LogP contribution in [0, 0.1) is 5.82 Å². The molecular formula is C23H20F4N4O5. The number of hydrogen-bond donors (Lipinski definition) is 4. The molecule has 3 rings (SSSR count). The molecule has 3 aromatic rings. The van der Waals surface area contributed by atoms with Gasteiger partial charge in [-0.1, -0.05) is 0 Å². The number of benzene rings is 2. The first kappa shape index (κ1) is 26.3. The van der Waals surface area contributed by atoms with Crippen LogP contribution in [0.25, 0.3) is 10.9 Å². The van der Waals surface area contributed by atoms with Crippen molar-refractivity contribution < 1.29 is 36.7 Å². The fraction of sp³-hybridized carbons (Fsp3) is 0.217. The third kappa shape index (κ3) is 5.68. The van der Waals surface area contributed by atoms with E-state index in [1.165, 1.54) is 24.3 Å². The smallest absolute Gasteiger partial charge is 0.386 e. The lowest BCUT2D eigenvalue weighted by molar-refractivity contribution is -0.193. The minimum atomic E-state index is -5.33. The van der Waals surface area contributed by atoms with Crippen molar-refractivity contribution in [3.05, 3.63) is 69.3 Å². The van der Waals surface area contributed by atoms with Crippen molar-refractivity contribution in [3.63, 3.8) is 0 Å². The molecule has 0 saturated carbocycles. The lowest BCUT2D eigenvalue weighted by Crippen LogP contribution is -2.28. The molecule has 2 aromatic carbocycles. The van der Waals surface area contributed by atoms with Crippen molar-refractivity contribution in [2.24, 2.45) is 0 Å². The summed E-state index contributed by atoms with van der Waals surface area (Å²) in [7, 11) is 3.22. The molecule has 1 aromatic heterocycles. The van der Waals surface area contributed by atoms with Crippen LogP contribution in [-0.2, 0) is 16.0 Å². The van der Waals surface area contributed by atoms with Gasteiger partial charge in [-0.3, -0.25) is 9.59 Å². The second-order valence-electron chi connectivity index (χ2n) is 7.49. The van der Waals surface area contributed by atoms with Gasteiger partial charge >= 0.3 is 18.1 Å². The highest BCUT2D eigenvalue weighted by Crippen LogP contribution is 2.27. The van der Waals surface area contributed by atoms with E-state index in [-0.39, 0.29) is 23.2 Å². The largest absolute Gasteiger partial charge is 0.491 e. The number of pyridine rings is 1. The van der Waals surface area contributed by atoms with Gasteiger partial charge in [0.1, 0.15) is 11.4 Å². The molecule has 0 aliphatic heterocycles. The predicted molar refractivity (Wildman–Crippen MR) is 123 cm³/mol. The zero-order chi connectivity index (χ0) is 26.6. The van der Waals surface area contributed by atoms with Crippen LogP contribution in [0.2, 0.25) is 0 Å². The first-order chi connectivity index (χ1) is 17.0. The number of alkyl halides is 3. The van der Waals surface area contributed by atoms with Crippen LogP contribution in [-0.4, -0.2) is 49.6 Å². The molecule has 0 unspecified atom stereocenters. The first-order valence-electron chi connectivity index (χ1n) is 10.4. The van der Waals surface area contributed by atoms with Crippen LogP contribution in [0.5, 0.6) is 0 Å². The molecule has 4 N–H and O–H groups in total. The maximum Gasteiger partial charge on any atom is 0.491 e. The van der Waals surface area contributed by atoms with Crippen LogP contribution in [0.4, 0.5) is 28.9 Å². The summed E-state index contributed by atoms with van der Waals surface area (Å²) in [5.41, 5.74) is -0.326. The topological polar surface area (TPSA) is 129 Å². The maximum atomic E-state index is 14.2. The van der Waals surface area contributed by atoms with E-state index in [9.17, 15) is 36.7 Å². The van der Waals surface area contributed by atoms with Crippen molar-refractivity contribution in [2.75, 3.05) is 31.3 Å². The van der Waals surface area contributed by atoms with Gasteiger partial charge in [-0.2, -0.15) is 13.2 Å². The highest BCUT2D eigenvalue weighted by atomic mass is 19.4. The number of esters is 2. The molecule has 0 aliphatic carbocycles. The third-order valence-electron chi connectivity index (χ3n) is 5.11. The molecule has 1 heterocycles. The summed E-state index contributed by atoms with van der Waals surface area (Å²) in [4.78, 5) is 51.1. The summed E-state index contributed by atoms with van der Waals surface area (Å²) in [6.07, 6.45) is -5.12. The molecule has 0 fully saturated rings. The second-order valence-corrected chi connectivity index (χ2v) is 7.49. The number of aromatic amines is 1. The third-order valence-corrected chi connectivity index (χ3v) is 5.11. The van der Waals surface area contributed by atoms with Crippen LogP contribution < -0.4 is 21.5 Å². The predicted octanol–water partition coefficient (Wildman–Crippen LogP) is 2.97. The highest BCUT2D eigenvalue weighted by molar-refractivity contribution is 6.08. The Balaban J connectivity index is 1.93. The number of nitrogens with one attached hydrogen (secondary N) is 4. The van der Waals surface area contributed by atoms with Crippen LogP contribution >= 0.6 is 0 Å². The summed E-state index contributed by atoms with van der Waals surface area (Å²) in [6, 6.07) is 6.82. The molecule has 190 valence electrons. The van der Waals surface area contributed by atoms with Gasteiger partial charge in [-0.05, 0) is 62.0 Å². The standard InChI is InChI=1S/C23H20F4N4O5/c1-28-8-7-14-15-9-12(24)10-16(29-2)18(15)31-20(33)17(14)19(32)30-13-5-3-11(4-6-13)21(34)36-22(35)23(25,26)27/h3-6,9-10,28-29H,7-8H2,1-2H3,(H,30,32)(H,31,33). The van der Waals surface area contributed by atoms with E-state index in [1.54, 1.807) is 14.1 Å². The number of hydrogen-bond acceptors (Lipinski definition) is 7. The van der Waals surface area contributed by atoms with Gasteiger partial charge in [-0.25, -0.2) is 14.0 Å². The lowest BCUT2D eigenvalue weighted by atomic mass is 9.98. The molecule has 9 nitrogen and oxygen atoms in total. The van der Waals surface area contributed by atoms with Crippen LogP contribution in [0.3, 0.4) is 0 Å². The molecule has 0 saturated heterocycles. The minimum Gasteiger partial charge on any atom is -0.386 e. The van der Waals surface area contributed by atoms with Gasteiger partial charge < -0.3 is 25.7 Å². The second kappa shape index (κ2) is 10.6. The molecule has 0 aliphatic rings. The number of rotatable bonds is 7. The fourth-order valence-electron chi connectivity index (χ4n) is 3.46. The molecule has 0 atom stereocenters. The Morgan fingerprint density at radius 2 is 1.72 bits per heavy atom. The monoisotopic (exact) mass is 508 g/mol. The summed E-state index contributed by atoms with van der Waals surface area (Å²) in [5, 5.41) is 8.50. The number of amides is 1. The Kier molecular flexibility index (Phi) is 7.73. The molecule has 0 bridgehead atoms. The van der Waals surface area contributed by atoms with E-state index < -0.39 is 35.4 Å². The van der Waals surface area contributed by atoms with E-state index in [1.807, 2.05) is 0 Å². The highest BCUT2D eigenvalue weighted by Gasteiger charge is 2.42. The van der Waals surface area contributed by atoms with Gasteiger partial charge in [0.25, 0.3) is 11.5 Å². The van der Waals surface area contributed by atoms with Crippen LogP contribution in [0.1, 0.15) is 26.3 Å². The number of H-pyrrole nitrogens is 1. The number of carbonyl (C=O) groups is 3. The van der Waals surface area contributed by atoms with Gasteiger partial charge in [-0.15, -0.1) is 0 Å². The summed E-state index contributed by atoms with van der Waals surface area (Å²) in [5.74, 6) is -5.60. The molecule has 36 heavy (non-hydrogen) atoms. The molecule has 0 radical (unpaired) electrons. The average molecular weight is 508 g/mol. The van der Waals surface area contributed by atoms with Crippen molar-refractivity contribution in [3.8, 4) is 0 Å². The lowest BCUT2D eigenvalue weighted by Gasteiger charge is -2.15. The zero-order valence-corrected chi connectivity index (χ0v) is 18.9. The Morgan fingerprint density at radius 3 is 2.31 bits per heavy atom. The Hall–Kier alpha value is -4.26. The Bertz CT molecular complexity index is 1380. The number of carbonyl (C=O) groups excluding carboxylic acids is 3. The van der Waals surface area contributed by atoms with Crippen LogP contribution in [0.15, 0.2) is 41.2 Å². The molecule has 1 amide bonds. The number of anilines is 2.